The van der Waals surface area contributed by atoms with Gasteiger partial charge in [-0.25, -0.2) is 14.2 Å². The summed E-state index contributed by atoms with van der Waals surface area (Å²) in [6.07, 6.45) is 0. The number of hydrogen-bond donors (Lipinski definition) is 2. The number of piperazine rings is 1. The van der Waals surface area contributed by atoms with Crippen molar-refractivity contribution in [3.63, 3.8) is 0 Å². The molecule has 2 aliphatic rings. The Bertz CT molecular complexity index is 944. The number of benzene rings is 2. The first-order valence-corrected chi connectivity index (χ1v) is 10.5. The number of para-hydroxylation sites is 1. The lowest BCUT2D eigenvalue weighted by atomic mass is 10.1. The standard InChI is InChI=1S/C18H20ClN4O3P/c1-26-27(24,25)23-10-8-22(9-11-23)18-14-4-2-3-5-15(14)20-16-7-6-13(19)12-17(16)21-18/h2-7,12,20H,8-11H2,1H3,(H,24,25). The second-order valence-electron chi connectivity index (χ2n) is 6.38. The Balaban J connectivity index is 1.70. The van der Waals surface area contributed by atoms with Gasteiger partial charge in [0.05, 0.1) is 11.4 Å². The molecule has 1 atom stereocenters. The van der Waals surface area contributed by atoms with Crippen molar-refractivity contribution in [1.82, 2.24) is 9.57 Å². The quantitative estimate of drug-likeness (QED) is 0.738. The van der Waals surface area contributed by atoms with E-state index in [-0.39, 0.29) is 0 Å². The lowest BCUT2D eigenvalue weighted by molar-refractivity contribution is 0.192. The number of nitrogens with zero attached hydrogens (tertiary/aromatic N) is 3. The minimum atomic E-state index is -3.71. The third-order valence-corrected chi connectivity index (χ3v) is 6.60. The molecule has 2 heterocycles. The number of hydrogen-bond acceptors (Lipinski definition) is 5. The number of aliphatic imine (C=N–C) groups is 1. The van der Waals surface area contributed by atoms with Crippen LogP contribution >= 0.6 is 19.3 Å². The zero-order valence-electron chi connectivity index (χ0n) is 14.8. The highest BCUT2D eigenvalue weighted by atomic mass is 35.5. The van der Waals surface area contributed by atoms with Gasteiger partial charge in [0.1, 0.15) is 5.84 Å². The highest BCUT2D eigenvalue weighted by molar-refractivity contribution is 7.50. The van der Waals surface area contributed by atoms with Crippen molar-refractivity contribution >= 4 is 42.2 Å². The molecule has 1 unspecified atom stereocenters. The van der Waals surface area contributed by atoms with Crippen molar-refractivity contribution in [3.05, 3.63) is 53.1 Å². The van der Waals surface area contributed by atoms with Crippen molar-refractivity contribution in [2.45, 2.75) is 0 Å². The topological polar surface area (TPSA) is 77.4 Å². The molecule has 142 valence electrons. The van der Waals surface area contributed by atoms with E-state index in [4.69, 9.17) is 21.1 Å². The van der Waals surface area contributed by atoms with Crippen LogP contribution in [-0.2, 0) is 9.09 Å². The summed E-state index contributed by atoms with van der Waals surface area (Å²) in [7, 11) is -2.46. The fraction of sp³-hybridized carbons (Fsp3) is 0.278. The number of amidine groups is 1. The van der Waals surface area contributed by atoms with E-state index < -0.39 is 7.75 Å². The largest absolute Gasteiger partial charge is 0.405 e. The Morgan fingerprint density at radius 3 is 2.63 bits per heavy atom. The molecule has 2 aromatic rings. The van der Waals surface area contributed by atoms with Gasteiger partial charge in [0.25, 0.3) is 0 Å². The molecule has 0 aliphatic carbocycles. The summed E-state index contributed by atoms with van der Waals surface area (Å²) in [6, 6.07) is 13.6. The number of fused-ring (bicyclic) bond motifs is 2. The van der Waals surface area contributed by atoms with Crippen molar-refractivity contribution < 1.29 is 14.0 Å². The second-order valence-corrected chi connectivity index (χ2v) is 8.73. The summed E-state index contributed by atoms with van der Waals surface area (Å²) in [5, 5.41) is 4.05. The molecule has 0 amide bonds. The Morgan fingerprint density at radius 2 is 1.89 bits per heavy atom. The first-order chi connectivity index (χ1) is 13.0. The fourth-order valence-corrected chi connectivity index (χ4v) is 4.41. The van der Waals surface area contributed by atoms with Gasteiger partial charge in [0, 0.05) is 49.6 Å². The maximum atomic E-state index is 12.1. The molecular formula is C18H20ClN4O3P. The van der Waals surface area contributed by atoms with Gasteiger partial charge < -0.3 is 19.6 Å². The van der Waals surface area contributed by atoms with E-state index in [1.54, 1.807) is 0 Å². The lowest BCUT2D eigenvalue weighted by Gasteiger charge is -2.37. The number of rotatable bonds is 2. The molecule has 7 nitrogen and oxygen atoms in total. The van der Waals surface area contributed by atoms with Crippen LogP contribution in [0.3, 0.4) is 0 Å². The van der Waals surface area contributed by atoms with Crippen LogP contribution in [0, 0.1) is 0 Å². The van der Waals surface area contributed by atoms with Crippen LogP contribution in [0.2, 0.25) is 5.02 Å². The summed E-state index contributed by atoms with van der Waals surface area (Å²) in [6.45, 7) is 1.96. The number of nitrogens with one attached hydrogen (secondary N) is 1. The molecular weight excluding hydrogens is 387 g/mol. The molecule has 2 N–H and O–H groups in total. The number of halogens is 1. The highest BCUT2D eigenvalue weighted by Crippen LogP contribution is 2.46. The van der Waals surface area contributed by atoms with E-state index >= 15 is 0 Å². The van der Waals surface area contributed by atoms with Gasteiger partial charge in [-0.2, -0.15) is 0 Å². The van der Waals surface area contributed by atoms with E-state index in [0.717, 1.165) is 28.5 Å². The Morgan fingerprint density at radius 1 is 1.15 bits per heavy atom. The monoisotopic (exact) mass is 406 g/mol. The van der Waals surface area contributed by atoms with Gasteiger partial charge in [-0.05, 0) is 30.3 Å². The van der Waals surface area contributed by atoms with Crippen LogP contribution in [0.25, 0.3) is 0 Å². The van der Waals surface area contributed by atoms with E-state index in [9.17, 15) is 9.46 Å². The molecule has 0 radical (unpaired) electrons. The summed E-state index contributed by atoms with van der Waals surface area (Å²) >= 11 is 6.17. The zero-order chi connectivity index (χ0) is 19.0. The van der Waals surface area contributed by atoms with Gasteiger partial charge in [-0.1, -0.05) is 23.7 Å². The molecule has 0 aromatic heterocycles. The molecule has 0 bridgehead atoms. The minimum Gasteiger partial charge on any atom is -0.353 e. The first-order valence-electron chi connectivity index (χ1n) is 8.61. The molecule has 27 heavy (non-hydrogen) atoms. The van der Waals surface area contributed by atoms with Crippen LogP contribution in [0.5, 0.6) is 0 Å². The van der Waals surface area contributed by atoms with Crippen LogP contribution in [0.1, 0.15) is 5.56 Å². The Hall–Kier alpha value is -1.89. The summed E-state index contributed by atoms with van der Waals surface area (Å²) < 4.78 is 18.3. The molecule has 9 heteroatoms. The van der Waals surface area contributed by atoms with E-state index in [0.29, 0.717) is 31.2 Å². The van der Waals surface area contributed by atoms with Crippen LogP contribution in [0.4, 0.5) is 17.1 Å². The molecule has 0 saturated carbocycles. The average Bonchev–Trinajstić information content (AvgIpc) is 2.84. The fourth-order valence-electron chi connectivity index (χ4n) is 3.33. The Labute approximate surface area is 162 Å². The van der Waals surface area contributed by atoms with E-state index in [2.05, 4.69) is 10.2 Å². The second kappa shape index (κ2) is 7.26. The first kappa shape index (κ1) is 18.5. The summed E-state index contributed by atoms with van der Waals surface area (Å²) in [5.74, 6) is 0.823. The maximum Gasteiger partial charge on any atom is 0.405 e. The van der Waals surface area contributed by atoms with Crippen LogP contribution in [-0.4, -0.2) is 53.6 Å². The molecule has 1 saturated heterocycles. The summed E-state index contributed by atoms with van der Waals surface area (Å²) in [5.41, 5.74) is 3.60. The van der Waals surface area contributed by atoms with Crippen LogP contribution in [0.15, 0.2) is 47.5 Å². The number of anilines is 2. The zero-order valence-corrected chi connectivity index (χ0v) is 16.5. The van der Waals surface area contributed by atoms with E-state index in [1.807, 2.05) is 42.5 Å². The third kappa shape index (κ3) is 3.61. The highest BCUT2D eigenvalue weighted by Gasteiger charge is 2.33. The molecule has 1 fully saturated rings. The minimum absolute atomic E-state index is 0.415. The van der Waals surface area contributed by atoms with Crippen molar-refractivity contribution in [2.24, 2.45) is 4.99 Å². The third-order valence-electron chi connectivity index (χ3n) is 4.77. The van der Waals surface area contributed by atoms with Gasteiger partial charge in [0.15, 0.2) is 0 Å². The van der Waals surface area contributed by atoms with Gasteiger partial charge >= 0.3 is 7.75 Å². The SMILES string of the molecule is COP(=O)(O)N1CCN(C2=Nc3cc(Cl)ccc3Nc3ccccc32)CC1. The predicted octanol–water partition coefficient (Wildman–Crippen LogP) is 3.84. The smallest absolute Gasteiger partial charge is 0.353 e. The Kier molecular flexibility index (Phi) is 4.97. The lowest BCUT2D eigenvalue weighted by Crippen LogP contribution is -2.47. The van der Waals surface area contributed by atoms with Gasteiger partial charge in [-0.3, -0.25) is 0 Å². The van der Waals surface area contributed by atoms with E-state index in [1.165, 1.54) is 11.8 Å². The van der Waals surface area contributed by atoms with Crippen LogP contribution < -0.4 is 5.32 Å². The van der Waals surface area contributed by atoms with Crippen molar-refractivity contribution in [1.29, 1.82) is 0 Å². The van der Waals surface area contributed by atoms with Crippen molar-refractivity contribution in [3.8, 4) is 0 Å². The van der Waals surface area contributed by atoms with Crippen molar-refractivity contribution in [2.75, 3.05) is 38.6 Å². The average molecular weight is 407 g/mol. The predicted molar refractivity (Wildman–Crippen MR) is 107 cm³/mol. The molecule has 2 aliphatic heterocycles. The van der Waals surface area contributed by atoms with Gasteiger partial charge in [-0.15, -0.1) is 0 Å². The normalized spacial score (nSPS) is 19.2. The molecule has 0 spiro atoms. The maximum absolute atomic E-state index is 12.1. The van der Waals surface area contributed by atoms with Gasteiger partial charge in [0.2, 0.25) is 0 Å². The molecule has 2 aromatic carbocycles. The molecule has 4 rings (SSSR count). The summed E-state index contributed by atoms with van der Waals surface area (Å²) in [4.78, 5) is 16.9.